The minimum Gasteiger partial charge on any atom is -0.384 e. The van der Waals surface area contributed by atoms with Crippen molar-refractivity contribution >= 4 is 27.5 Å². The SMILES string of the molecule is COCC1(C(=O)Nc2cc(F)c(Br)cc2C)CCNCC1. The average molecular weight is 359 g/mol. The molecule has 4 nitrogen and oxygen atoms in total. The van der Waals surface area contributed by atoms with Crippen molar-refractivity contribution in [2.45, 2.75) is 19.8 Å². The van der Waals surface area contributed by atoms with Crippen molar-refractivity contribution in [2.75, 3.05) is 32.1 Å². The van der Waals surface area contributed by atoms with Crippen LogP contribution in [-0.2, 0) is 9.53 Å². The minimum atomic E-state index is -0.546. The lowest BCUT2D eigenvalue weighted by Crippen LogP contribution is -2.47. The molecule has 116 valence electrons. The quantitative estimate of drug-likeness (QED) is 0.869. The van der Waals surface area contributed by atoms with Crippen LogP contribution in [0.1, 0.15) is 18.4 Å². The number of piperidine rings is 1. The van der Waals surface area contributed by atoms with Gasteiger partial charge in [0.2, 0.25) is 5.91 Å². The molecular formula is C15H20BrFN2O2. The average Bonchev–Trinajstić information content (AvgIpc) is 2.46. The summed E-state index contributed by atoms with van der Waals surface area (Å²) in [5.41, 5.74) is 0.781. The Balaban J connectivity index is 2.21. The third-order valence-corrected chi connectivity index (χ3v) is 4.59. The number of benzene rings is 1. The highest BCUT2D eigenvalue weighted by Gasteiger charge is 2.39. The Bertz CT molecular complexity index is 525. The van der Waals surface area contributed by atoms with Gasteiger partial charge in [0.05, 0.1) is 16.5 Å². The summed E-state index contributed by atoms with van der Waals surface area (Å²) >= 11 is 3.14. The van der Waals surface area contributed by atoms with Crippen molar-refractivity contribution in [1.82, 2.24) is 5.32 Å². The maximum absolute atomic E-state index is 13.7. The molecule has 0 spiro atoms. The highest BCUT2D eigenvalue weighted by molar-refractivity contribution is 9.10. The number of ether oxygens (including phenoxy) is 1. The number of halogens is 2. The van der Waals surface area contributed by atoms with E-state index in [0.717, 1.165) is 18.7 Å². The third-order valence-electron chi connectivity index (χ3n) is 3.98. The lowest BCUT2D eigenvalue weighted by molar-refractivity contribution is -0.130. The number of methoxy groups -OCH3 is 1. The lowest BCUT2D eigenvalue weighted by atomic mass is 9.78. The Kier molecular flexibility index (Phi) is 5.35. The summed E-state index contributed by atoms with van der Waals surface area (Å²) in [6.07, 6.45) is 1.43. The molecule has 6 heteroatoms. The standard InChI is InChI=1S/C15H20BrFN2O2/c1-10-7-11(16)12(17)8-13(10)19-14(20)15(9-21-2)3-5-18-6-4-15/h7-8,18H,3-6,9H2,1-2H3,(H,19,20). The minimum absolute atomic E-state index is 0.101. The molecular weight excluding hydrogens is 339 g/mol. The summed E-state index contributed by atoms with van der Waals surface area (Å²) in [5, 5.41) is 6.11. The molecule has 1 saturated heterocycles. The van der Waals surface area contributed by atoms with E-state index in [1.54, 1.807) is 13.2 Å². The van der Waals surface area contributed by atoms with Crippen LogP contribution in [0.4, 0.5) is 10.1 Å². The summed E-state index contributed by atoms with van der Waals surface area (Å²) in [6, 6.07) is 3.01. The smallest absolute Gasteiger partial charge is 0.233 e. The van der Waals surface area contributed by atoms with Crippen molar-refractivity contribution in [3.63, 3.8) is 0 Å². The number of hydrogen-bond donors (Lipinski definition) is 2. The zero-order valence-corrected chi connectivity index (χ0v) is 13.8. The maximum atomic E-state index is 13.7. The van der Waals surface area contributed by atoms with Gasteiger partial charge in [0, 0.05) is 12.8 Å². The van der Waals surface area contributed by atoms with E-state index in [-0.39, 0.29) is 11.7 Å². The molecule has 0 saturated carbocycles. The first kappa shape index (κ1) is 16.4. The fourth-order valence-corrected chi connectivity index (χ4v) is 3.11. The van der Waals surface area contributed by atoms with Crippen LogP contribution in [0.15, 0.2) is 16.6 Å². The van der Waals surface area contributed by atoms with Gasteiger partial charge in [0.1, 0.15) is 5.82 Å². The molecule has 1 aromatic rings. The topological polar surface area (TPSA) is 50.4 Å². The summed E-state index contributed by atoms with van der Waals surface area (Å²) in [6.45, 7) is 3.78. The number of carbonyl (C=O) groups is 1. The van der Waals surface area contributed by atoms with Crippen molar-refractivity contribution < 1.29 is 13.9 Å². The van der Waals surface area contributed by atoms with Crippen LogP contribution in [0.5, 0.6) is 0 Å². The van der Waals surface area contributed by atoms with Gasteiger partial charge in [-0.1, -0.05) is 0 Å². The molecule has 1 aromatic carbocycles. The van der Waals surface area contributed by atoms with Gasteiger partial charge >= 0.3 is 0 Å². The van der Waals surface area contributed by atoms with Crippen LogP contribution >= 0.6 is 15.9 Å². The Morgan fingerprint density at radius 3 is 2.76 bits per heavy atom. The molecule has 21 heavy (non-hydrogen) atoms. The molecule has 1 heterocycles. The van der Waals surface area contributed by atoms with Crippen molar-refractivity contribution in [3.05, 3.63) is 28.0 Å². The molecule has 0 radical (unpaired) electrons. The van der Waals surface area contributed by atoms with Gasteiger partial charge in [-0.25, -0.2) is 4.39 Å². The molecule has 0 aromatic heterocycles. The number of aryl methyl sites for hydroxylation is 1. The van der Waals surface area contributed by atoms with Crippen molar-refractivity contribution in [1.29, 1.82) is 0 Å². The molecule has 0 unspecified atom stereocenters. The molecule has 2 N–H and O–H groups in total. The Hall–Kier alpha value is -0.980. The fourth-order valence-electron chi connectivity index (χ4n) is 2.65. The Morgan fingerprint density at radius 2 is 2.14 bits per heavy atom. The van der Waals surface area contributed by atoms with Gasteiger partial charge < -0.3 is 15.4 Å². The molecule has 0 bridgehead atoms. The molecule has 0 atom stereocenters. The van der Waals surface area contributed by atoms with Gasteiger partial charge in [-0.15, -0.1) is 0 Å². The van der Waals surface area contributed by atoms with Crippen LogP contribution in [0, 0.1) is 18.2 Å². The van der Waals surface area contributed by atoms with E-state index in [4.69, 9.17) is 4.74 Å². The van der Waals surface area contributed by atoms with E-state index in [9.17, 15) is 9.18 Å². The second-order valence-electron chi connectivity index (χ2n) is 5.50. The lowest BCUT2D eigenvalue weighted by Gasteiger charge is -2.35. The molecule has 1 fully saturated rings. The number of carbonyl (C=O) groups excluding carboxylic acids is 1. The zero-order valence-electron chi connectivity index (χ0n) is 12.3. The van der Waals surface area contributed by atoms with E-state index in [0.29, 0.717) is 29.6 Å². The van der Waals surface area contributed by atoms with Crippen LogP contribution in [-0.4, -0.2) is 32.7 Å². The van der Waals surface area contributed by atoms with Gasteiger partial charge in [-0.2, -0.15) is 0 Å². The van der Waals surface area contributed by atoms with Gasteiger partial charge in [0.25, 0.3) is 0 Å². The van der Waals surface area contributed by atoms with Gasteiger partial charge in [-0.05, 0) is 66.5 Å². The van der Waals surface area contributed by atoms with Crippen molar-refractivity contribution in [3.8, 4) is 0 Å². The Labute approximate surface area is 132 Å². The molecule has 0 aliphatic carbocycles. The van der Waals surface area contributed by atoms with Crippen LogP contribution in [0.2, 0.25) is 0 Å². The maximum Gasteiger partial charge on any atom is 0.233 e. The molecule has 1 aliphatic rings. The van der Waals surface area contributed by atoms with Crippen LogP contribution < -0.4 is 10.6 Å². The second kappa shape index (κ2) is 6.85. The number of hydrogen-bond acceptors (Lipinski definition) is 3. The zero-order chi connectivity index (χ0) is 15.5. The normalized spacial score (nSPS) is 17.5. The first-order chi connectivity index (χ1) is 9.98. The van der Waals surface area contributed by atoms with E-state index < -0.39 is 5.41 Å². The van der Waals surface area contributed by atoms with Crippen LogP contribution in [0.25, 0.3) is 0 Å². The summed E-state index contributed by atoms with van der Waals surface area (Å²) in [5.74, 6) is -0.488. The molecule has 2 rings (SSSR count). The molecule has 1 amide bonds. The predicted molar refractivity (Wildman–Crippen MR) is 83.9 cm³/mol. The van der Waals surface area contributed by atoms with Crippen molar-refractivity contribution in [2.24, 2.45) is 5.41 Å². The third kappa shape index (κ3) is 3.62. The number of nitrogens with one attached hydrogen (secondary N) is 2. The van der Waals surface area contributed by atoms with Gasteiger partial charge in [-0.3, -0.25) is 4.79 Å². The van der Waals surface area contributed by atoms with E-state index in [1.165, 1.54) is 6.07 Å². The van der Waals surface area contributed by atoms with Crippen LogP contribution in [0.3, 0.4) is 0 Å². The Morgan fingerprint density at radius 1 is 1.48 bits per heavy atom. The summed E-state index contributed by atoms with van der Waals surface area (Å²) < 4.78 is 19.3. The van der Waals surface area contributed by atoms with Gasteiger partial charge in [0.15, 0.2) is 0 Å². The monoisotopic (exact) mass is 358 g/mol. The highest BCUT2D eigenvalue weighted by atomic mass is 79.9. The highest BCUT2D eigenvalue weighted by Crippen LogP contribution is 2.32. The summed E-state index contributed by atoms with van der Waals surface area (Å²) in [4.78, 5) is 12.7. The largest absolute Gasteiger partial charge is 0.384 e. The van der Waals surface area contributed by atoms with E-state index in [1.807, 2.05) is 6.92 Å². The number of anilines is 1. The van der Waals surface area contributed by atoms with E-state index >= 15 is 0 Å². The number of rotatable bonds is 4. The second-order valence-corrected chi connectivity index (χ2v) is 6.35. The first-order valence-corrected chi connectivity index (χ1v) is 7.74. The predicted octanol–water partition coefficient (Wildman–Crippen LogP) is 2.85. The fraction of sp³-hybridized carbons (Fsp3) is 0.533. The first-order valence-electron chi connectivity index (χ1n) is 6.95. The number of amides is 1. The summed E-state index contributed by atoms with van der Waals surface area (Å²) in [7, 11) is 1.60. The van der Waals surface area contributed by atoms with E-state index in [2.05, 4.69) is 26.6 Å². The molecule has 1 aliphatic heterocycles.